The smallest absolute Gasteiger partial charge is 0.264 e. The third-order valence-corrected chi connectivity index (χ3v) is 8.42. The number of benzene rings is 3. The standard InChI is InChI=1S/C29H33Cl2N3O5S/c1-19(2)32-29(36)21(4)33(17-22-8-10-23(30)11-9-22)28(35)18-34(26-16-24(31)12-15-27(26)39-5)40(37,38)25-13-6-20(3)7-14-25/h6-16,19,21H,17-18H2,1-5H3,(H,32,36)/t21-/m0/s1. The van der Waals surface area contributed by atoms with Gasteiger partial charge in [0.2, 0.25) is 11.8 Å². The van der Waals surface area contributed by atoms with Gasteiger partial charge in [-0.05, 0) is 75.7 Å². The monoisotopic (exact) mass is 605 g/mol. The van der Waals surface area contributed by atoms with E-state index in [1.807, 2.05) is 20.8 Å². The molecule has 0 aliphatic rings. The van der Waals surface area contributed by atoms with Crippen molar-refractivity contribution >= 4 is 50.7 Å². The van der Waals surface area contributed by atoms with Gasteiger partial charge in [-0.3, -0.25) is 13.9 Å². The molecule has 0 aliphatic heterocycles. The van der Waals surface area contributed by atoms with Crippen LogP contribution in [0.1, 0.15) is 31.9 Å². The number of hydrogen-bond donors (Lipinski definition) is 1. The summed E-state index contributed by atoms with van der Waals surface area (Å²) in [6.07, 6.45) is 0. The fourth-order valence-corrected chi connectivity index (χ4v) is 5.69. The minimum atomic E-state index is -4.26. The molecule has 0 spiro atoms. The first-order valence-corrected chi connectivity index (χ1v) is 14.8. The summed E-state index contributed by atoms with van der Waals surface area (Å²) in [5.41, 5.74) is 1.69. The highest BCUT2D eigenvalue weighted by atomic mass is 35.5. The van der Waals surface area contributed by atoms with Gasteiger partial charge in [0.1, 0.15) is 18.3 Å². The fourth-order valence-electron chi connectivity index (χ4n) is 3.98. The van der Waals surface area contributed by atoms with Crippen molar-refractivity contribution in [2.24, 2.45) is 0 Å². The van der Waals surface area contributed by atoms with Gasteiger partial charge in [-0.25, -0.2) is 8.42 Å². The maximum Gasteiger partial charge on any atom is 0.264 e. The number of methoxy groups -OCH3 is 1. The Bertz CT molecular complexity index is 1450. The Morgan fingerprint density at radius 1 is 0.925 bits per heavy atom. The highest BCUT2D eigenvalue weighted by molar-refractivity contribution is 7.92. The molecule has 0 saturated carbocycles. The molecular weight excluding hydrogens is 573 g/mol. The van der Waals surface area contributed by atoms with Crippen molar-refractivity contribution < 1.29 is 22.7 Å². The van der Waals surface area contributed by atoms with Crippen LogP contribution in [-0.2, 0) is 26.2 Å². The Morgan fingerprint density at radius 2 is 1.52 bits per heavy atom. The molecule has 0 heterocycles. The summed E-state index contributed by atoms with van der Waals surface area (Å²) >= 11 is 12.3. The van der Waals surface area contributed by atoms with E-state index in [0.717, 1.165) is 15.4 Å². The number of anilines is 1. The molecule has 0 saturated heterocycles. The molecule has 8 nitrogen and oxygen atoms in total. The van der Waals surface area contributed by atoms with Gasteiger partial charge in [0, 0.05) is 22.6 Å². The predicted octanol–water partition coefficient (Wildman–Crippen LogP) is 5.45. The summed E-state index contributed by atoms with van der Waals surface area (Å²) < 4.78 is 34.4. The van der Waals surface area contributed by atoms with Gasteiger partial charge in [-0.1, -0.05) is 53.0 Å². The maximum atomic E-state index is 14.0. The van der Waals surface area contributed by atoms with E-state index in [1.54, 1.807) is 49.4 Å². The van der Waals surface area contributed by atoms with Crippen molar-refractivity contribution in [2.45, 2.75) is 51.2 Å². The van der Waals surface area contributed by atoms with Gasteiger partial charge in [0.25, 0.3) is 10.0 Å². The van der Waals surface area contributed by atoms with E-state index in [4.69, 9.17) is 27.9 Å². The van der Waals surface area contributed by atoms with E-state index in [2.05, 4.69) is 5.32 Å². The lowest BCUT2D eigenvalue weighted by Gasteiger charge is -2.32. The van der Waals surface area contributed by atoms with Crippen molar-refractivity contribution in [3.63, 3.8) is 0 Å². The summed E-state index contributed by atoms with van der Waals surface area (Å²) in [6.45, 7) is 6.52. The van der Waals surface area contributed by atoms with E-state index >= 15 is 0 Å². The first-order valence-electron chi connectivity index (χ1n) is 12.6. The fraction of sp³-hybridized carbons (Fsp3) is 0.310. The normalized spacial score (nSPS) is 12.1. The number of ether oxygens (including phenoxy) is 1. The Balaban J connectivity index is 2.10. The van der Waals surface area contributed by atoms with Crippen LogP contribution in [0.2, 0.25) is 10.0 Å². The van der Waals surface area contributed by atoms with Gasteiger partial charge in [0.15, 0.2) is 0 Å². The third kappa shape index (κ3) is 7.68. The highest BCUT2D eigenvalue weighted by Crippen LogP contribution is 2.35. The molecule has 3 aromatic rings. The van der Waals surface area contributed by atoms with Gasteiger partial charge in [-0.15, -0.1) is 0 Å². The third-order valence-electron chi connectivity index (χ3n) is 6.16. The van der Waals surface area contributed by atoms with Crippen LogP contribution in [0, 0.1) is 6.92 Å². The van der Waals surface area contributed by atoms with E-state index in [-0.39, 0.29) is 39.8 Å². The van der Waals surface area contributed by atoms with Crippen molar-refractivity contribution in [2.75, 3.05) is 18.0 Å². The molecular formula is C29H33Cl2N3O5S. The summed E-state index contributed by atoms with van der Waals surface area (Å²) in [5.74, 6) is -0.757. The van der Waals surface area contributed by atoms with Crippen LogP contribution in [-0.4, -0.2) is 50.9 Å². The summed E-state index contributed by atoms with van der Waals surface area (Å²) in [6, 6.07) is 16.6. The second kappa shape index (κ2) is 13.4. The lowest BCUT2D eigenvalue weighted by molar-refractivity contribution is -0.139. The maximum absolute atomic E-state index is 14.0. The molecule has 0 radical (unpaired) electrons. The van der Waals surface area contributed by atoms with Crippen LogP contribution in [0.3, 0.4) is 0 Å². The van der Waals surface area contributed by atoms with Crippen molar-refractivity contribution in [3.8, 4) is 5.75 Å². The van der Waals surface area contributed by atoms with Crippen molar-refractivity contribution in [3.05, 3.63) is 87.9 Å². The SMILES string of the molecule is COc1ccc(Cl)cc1N(CC(=O)N(Cc1ccc(Cl)cc1)[C@@H](C)C(=O)NC(C)C)S(=O)(=O)c1ccc(C)cc1. The van der Waals surface area contributed by atoms with Gasteiger partial charge in [-0.2, -0.15) is 0 Å². The quantitative estimate of drug-likeness (QED) is 0.313. The predicted molar refractivity (Wildman–Crippen MR) is 158 cm³/mol. The van der Waals surface area contributed by atoms with Crippen molar-refractivity contribution in [1.29, 1.82) is 0 Å². The highest BCUT2D eigenvalue weighted by Gasteiger charge is 2.34. The van der Waals surface area contributed by atoms with Crippen LogP contribution >= 0.6 is 23.2 Å². The Labute approximate surface area is 245 Å². The Morgan fingerprint density at radius 3 is 2.10 bits per heavy atom. The molecule has 1 atom stereocenters. The topological polar surface area (TPSA) is 96.0 Å². The molecule has 0 unspecified atom stereocenters. The zero-order chi connectivity index (χ0) is 29.6. The van der Waals surface area contributed by atoms with Gasteiger partial charge < -0.3 is 15.0 Å². The molecule has 0 fully saturated rings. The number of nitrogens with one attached hydrogen (secondary N) is 1. The van der Waals surface area contributed by atoms with E-state index in [1.165, 1.54) is 36.3 Å². The molecule has 0 aliphatic carbocycles. The van der Waals surface area contributed by atoms with Gasteiger partial charge >= 0.3 is 0 Å². The number of carbonyl (C=O) groups excluding carboxylic acids is 2. The lowest BCUT2D eigenvalue weighted by Crippen LogP contribution is -2.52. The zero-order valence-corrected chi connectivity index (χ0v) is 25.3. The number of hydrogen-bond acceptors (Lipinski definition) is 5. The molecule has 1 N–H and O–H groups in total. The molecule has 2 amide bonds. The lowest BCUT2D eigenvalue weighted by atomic mass is 10.1. The molecule has 11 heteroatoms. The largest absolute Gasteiger partial charge is 0.495 e. The van der Waals surface area contributed by atoms with Crippen LogP contribution in [0.25, 0.3) is 0 Å². The van der Waals surface area contributed by atoms with Crippen molar-refractivity contribution in [1.82, 2.24) is 10.2 Å². The van der Waals surface area contributed by atoms with Gasteiger partial charge in [0.05, 0.1) is 17.7 Å². The van der Waals surface area contributed by atoms with E-state index in [0.29, 0.717) is 5.02 Å². The summed E-state index contributed by atoms with van der Waals surface area (Å²) in [5, 5.41) is 3.60. The number of sulfonamides is 1. The number of rotatable bonds is 11. The van der Waals surface area contributed by atoms with Crippen LogP contribution < -0.4 is 14.4 Å². The zero-order valence-electron chi connectivity index (χ0n) is 23.0. The molecule has 214 valence electrons. The number of halogens is 2. The van der Waals surface area contributed by atoms with Crippen LogP contribution in [0.5, 0.6) is 5.75 Å². The average molecular weight is 607 g/mol. The van der Waals surface area contributed by atoms with E-state index < -0.39 is 28.5 Å². The first kappa shape index (κ1) is 31.3. The minimum Gasteiger partial charge on any atom is -0.495 e. The van der Waals surface area contributed by atoms with Crippen LogP contribution in [0.15, 0.2) is 71.6 Å². The van der Waals surface area contributed by atoms with E-state index in [9.17, 15) is 18.0 Å². The summed E-state index contributed by atoms with van der Waals surface area (Å²) in [7, 11) is -2.86. The second-order valence-corrected chi connectivity index (χ2v) is 12.4. The average Bonchev–Trinajstić information content (AvgIpc) is 2.90. The molecule has 3 aromatic carbocycles. The Hall–Kier alpha value is -3.27. The number of amides is 2. The molecule has 0 aromatic heterocycles. The molecule has 0 bridgehead atoms. The first-order chi connectivity index (χ1) is 18.8. The van der Waals surface area contributed by atoms with Crippen LogP contribution in [0.4, 0.5) is 5.69 Å². The minimum absolute atomic E-state index is 0.0113. The second-order valence-electron chi connectivity index (χ2n) is 9.63. The summed E-state index contributed by atoms with van der Waals surface area (Å²) in [4.78, 5) is 28.3. The number of nitrogens with zero attached hydrogens (tertiary/aromatic N) is 2. The molecule has 3 rings (SSSR count). The number of aryl methyl sites for hydroxylation is 1. The number of carbonyl (C=O) groups is 2. The Kier molecular flexibility index (Phi) is 10.5. The molecule has 40 heavy (non-hydrogen) atoms.